The largest absolute Gasteiger partial charge is 0.491 e. The molecular weight excluding hydrogens is 391 g/mol. The summed E-state index contributed by atoms with van der Waals surface area (Å²) in [6.07, 6.45) is 0.186. The Morgan fingerprint density at radius 2 is 1.39 bits per heavy atom. The topological polar surface area (TPSA) is 61.8 Å². The van der Waals surface area contributed by atoms with Crippen LogP contribution in [-0.2, 0) is 9.53 Å². The Bertz CT molecular complexity index is 825. The van der Waals surface area contributed by atoms with Crippen LogP contribution >= 0.6 is 0 Å². The van der Waals surface area contributed by atoms with Gasteiger partial charge < -0.3 is 14.2 Å². The summed E-state index contributed by atoms with van der Waals surface area (Å²) in [5.41, 5.74) is 0.482. The molecule has 0 atom stereocenters. The Kier molecular flexibility index (Phi) is 7.44. The number of rotatable bonds is 9. The van der Waals surface area contributed by atoms with Gasteiger partial charge in [-0.25, -0.2) is 13.2 Å². The zero-order chi connectivity index (χ0) is 20.7. The number of hydrogen-bond donors (Lipinski definition) is 0. The lowest BCUT2D eigenvalue weighted by Gasteiger charge is -2.09. The van der Waals surface area contributed by atoms with Crippen LogP contribution in [0.25, 0.3) is 0 Å². The molecule has 0 radical (unpaired) electrons. The smallest absolute Gasteiger partial charge is 0.313 e. The normalized spacial score (nSPS) is 10.6. The van der Waals surface area contributed by atoms with Crippen molar-refractivity contribution in [2.75, 3.05) is 19.8 Å². The molecule has 0 spiro atoms. The van der Waals surface area contributed by atoms with Gasteiger partial charge >= 0.3 is 5.97 Å². The molecule has 2 aromatic rings. The summed E-state index contributed by atoms with van der Waals surface area (Å²) >= 11 is 0. The highest BCUT2D eigenvalue weighted by Gasteiger charge is 2.28. The molecule has 0 amide bonds. The number of carbonyl (C=O) groups is 2. The number of aldehydes is 1. The first kappa shape index (κ1) is 21.3. The number of ether oxygens (including phenoxy) is 3. The third-order valence-electron chi connectivity index (χ3n) is 3.35. The Morgan fingerprint density at radius 1 is 0.821 bits per heavy atom. The van der Waals surface area contributed by atoms with Crippen LogP contribution in [0.2, 0.25) is 0 Å². The van der Waals surface area contributed by atoms with Gasteiger partial charge in [-0.15, -0.1) is 0 Å². The van der Waals surface area contributed by atoms with Gasteiger partial charge in [0.25, 0.3) is 0 Å². The lowest BCUT2D eigenvalue weighted by molar-refractivity contribution is -0.136. The summed E-state index contributed by atoms with van der Waals surface area (Å²) < 4.78 is 80.3. The molecular formula is C18H13F5O5. The maximum atomic E-state index is 13.4. The standard InChI is InChI=1S/C18H13F5O5/c19-13-14(20)16(22)18(17(23)15(13)21)28-12(25)5-6-26-7-8-27-11-3-1-10(9-24)2-4-11/h1-4,9H,5-8H2. The Labute approximate surface area is 155 Å². The van der Waals surface area contributed by atoms with E-state index in [-0.39, 0.29) is 19.8 Å². The zero-order valence-corrected chi connectivity index (χ0v) is 14.1. The predicted molar refractivity (Wildman–Crippen MR) is 84.6 cm³/mol. The van der Waals surface area contributed by atoms with Gasteiger partial charge in [-0.1, -0.05) is 0 Å². The lowest BCUT2D eigenvalue weighted by Crippen LogP contribution is -2.16. The molecule has 0 aliphatic heterocycles. The average Bonchev–Trinajstić information content (AvgIpc) is 2.71. The summed E-state index contributed by atoms with van der Waals surface area (Å²) in [5.74, 6) is -13.7. The maximum absolute atomic E-state index is 13.4. The Balaban J connectivity index is 1.74. The molecule has 5 nitrogen and oxygen atoms in total. The highest BCUT2D eigenvalue weighted by atomic mass is 19.2. The second-order valence-electron chi connectivity index (χ2n) is 5.27. The predicted octanol–water partition coefficient (Wildman–Crippen LogP) is 3.59. The quantitative estimate of drug-likeness (QED) is 0.122. The molecule has 2 rings (SSSR count). The number of benzene rings is 2. The van der Waals surface area contributed by atoms with Gasteiger partial charge in [-0.3, -0.25) is 9.59 Å². The summed E-state index contributed by atoms with van der Waals surface area (Å²) in [5, 5.41) is 0. The van der Waals surface area contributed by atoms with Crippen LogP contribution < -0.4 is 9.47 Å². The minimum Gasteiger partial charge on any atom is -0.491 e. The molecule has 0 aromatic heterocycles. The first-order valence-electron chi connectivity index (χ1n) is 7.83. The summed E-state index contributed by atoms with van der Waals surface area (Å²) in [6, 6.07) is 6.26. The molecule has 0 N–H and O–H groups in total. The van der Waals surface area contributed by atoms with Gasteiger partial charge in [0.1, 0.15) is 18.6 Å². The van der Waals surface area contributed by atoms with Crippen LogP contribution in [0.15, 0.2) is 24.3 Å². The maximum Gasteiger partial charge on any atom is 0.313 e. The van der Waals surface area contributed by atoms with E-state index in [9.17, 15) is 31.5 Å². The van der Waals surface area contributed by atoms with Crippen molar-refractivity contribution in [2.45, 2.75) is 6.42 Å². The SMILES string of the molecule is O=Cc1ccc(OCCOCCC(=O)Oc2c(F)c(F)c(F)c(F)c2F)cc1. The van der Waals surface area contributed by atoms with Crippen LogP contribution in [0.4, 0.5) is 22.0 Å². The van der Waals surface area contributed by atoms with Crippen molar-refractivity contribution in [3.63, 3.8) is 0 Å². The van der Waals surface area contributed by atoms with Crippen molar-refractivity contribution >= 4 is 12.3 Å². The van der Waals surface area contributed by atoms with Gasteiger partial charge in [0.2, 0.25) is 34.8 Å². The van der Waals surface area contributed by atoms with Gasteiger partial charge in [-0.2, -0.15) is 8.78 Å². The van der Waals surface area contributed by atoms with Crippen LogP contribution in [0.5, 0.6) is 11.5 Å². The van der Waals surface area contributed by atoms with Crippen molar-refractivity contribution in [3.8, 4) is 11.5 Å². The highest BCUT2D eigenvalue weighted by molar-refractivity contribution is 5.74. The van der Waals surface area contributed by atoms with E-state index in [0.717, 1.165) is 0 Å². The fourth-order valence-electron chi connectivity index (χ4n) is 1.96. The average molecular weight is 404 g/mol. The molecule has 2 aromatic carbocycles. The highest BCUT2D eigenvalue weighted by Crippen LogP contribution is 2.29. The Morgan fingerprint density at radius 3 is 1.96 bits per heavy atom. The van der Waals surface area contributed by atoms with Crippen molar-refractivity contribution in [1.29, 1.82) is 0 Å². The molecule has 28 heavy (non-hydrogen) atoms. The molecule has 0 fully saturated rings. The van der Waals surface area contributed by atoms with E-state index in [1.165, 1.54) is 0 Å². The van der Waals surface area contributed by atoms with Crippen molar-refractivity contribution in [2.24, 2.45) is 0 Å². The minimum atomic E-state index is -2.35. The van der Waals surface area contributed by atoms with Crippen molar-refractivity contribution in [3.05, 3.63) is 58.9 Å². The first-order valence-corrected chi connectivity index (χ1v) is 7.83. The number of halogens is 5. The fourth-order valence-corrected chi connectivity index (χ4v) is 1.96. The molecule has 10 heteroatoms. The van der Waals surface area contributed by atoms with E-state index in [1.807, 2.05) is 0 Å². The first-order chi connectivity index (χ1) is 13.3. The summed E-state index contributed by atoms with van der Waals surface area (Å²) in [7, 11) is 0. The van der Waals surface area contributed by atoms with Crippen molar-refractivity contribution in [1.82, 2.24) is 0 Å². The van der Waals surface area contributed by atoms with Gasteiger partial charge in [0.15, 0.2) is 0 Å². The van der Waals surface area contributed by atoms with E-state index < -0.39 is 47.2 Å². The Hall–Kier alpha value is -3.01. The third kappa shape index (κ3) is 5.26. The fraction of sp³-hybridized carbons (Fsp3) is 0.222. The second-order valence-corrected chi connectivity index (χ2v) is 5.27. The van der Waals surface area contributed by atoms with E-state index >= 15 is 0 Å². The van der Waals surface area contributed by atoms with E-state index in [1.54, 1.807) is 24.3 Å². The molecule has 0 unspecified atom stereocenters. The zero-order valence-electron chi connectivity index (χ0n) is 14.1. The summed E-state index contributed by atoms with van der Waals surface area (Å²) in [6.45, 7) is -0.0833. The van der Waals surface area contributed by atoms with Crippen LogP contribution in [-0.4, -0.2) is 32.1 Å². The summed E-state index contributed by atoms with van der Waals surface area (Å²) in [4.78, 5) is 22.0. The molecule has 0 heterocycles. The van der Waals surface area contributed by atoms with Gasteiger partial charge in [-0.05, 0) is 24.3 Å². The molecule has 0 aliphatic carbocycles. The van der Waals surface area contributed by atoms with Crippen LogP contribution in [0, 0.1) is 29.1 Å². The molecule has 0 saturated carbocycles. The van der Waals surface area contributed by atoms with Crippen LogP contribution in [0.1, 0.15) is 16.8 Å². The van der Waals surface area contributed by atoms with Gasteiger partial charge in [0, 0.05) is 5.56 Å². The minimum absolute atomic E-state index is 0.0469. The number of esters is 1. The van der Waals surface area contributed by atoms with Gasteiger partial charge in [0.05, 0.1) is 19.6 Å². The molecule has 150 valence electrons. The van der Waals surface area contributed by atoms with E-state index in [0.29, 0.717) is 17.6 Å². The lowest BCUT2D eigenvalue weighted by atomic mass is 10.2. The number of carbonyl (C=O) groups excluding carboxylic acids is 2. The molecule has 0 saturated heterocycles. The number of hydrogen-bond acceptors (Lipinski definition) is 5. The monoisotopic (exact) mass is 404 g/mol. The third-order valence-corrected chi connectivity index (χ3v) is 3.35. The van der Waals surface area contributed by atoms with Crippen molar-refractivity contribution < 1.29 is 45.8 Å². The van der Waals surface area contributed by atoms with E-state index in [4.69, 9.17) is 9.47 Å². The second kappa shape index (κ2) is 9.79. The molecule has 0 aliphatic rings. The molecule has 0 bridgehead atoms. The van der Waals surface area contributed by atoms with Crippen LogP contribution in [0.3, 0.4) is 0 Å². The van der Waals surface area contributed by atoms with E-state index in [2.05, 4.69) is 4.74 Å².